The molecule has 0 bridgehead atoms. The van der Waals surface area contributed by atoms with Crippen molar-refractivity contribution in [2.45, 2.75) is 18.8 Å². The number of benzene rings is 1. The summed E-state index contributed by atoms with van der Waals surface area (Å²) in [7, 11) is 0. The van der Waals surface area contributed by atoms with E-state index in [1.165, 1.54) is 0 Å². The lowest BCUT2D eigenvalue weighted by Gasteiger charge is -2.07. The van der Waals surface area contributed by atoms with Gasteiger partial charge in [0, 0.05) is 17.3 Å². The Balaban J connectivity index is 2.21. The molecule has 0 radical (unpaired) electrons. The van der Waals surface area contributed by atoms with Gasteiger partial charge in [-0.05, 0) is 23.6 Å². The van der Waals surface area contributed by atoms with Gasteiger partial charge in [-0.3, -0.25) is 4.79 Å². The Morgan fingerprint density at radius 3 is 2.47 bits per heavy atom. The third-order valence-corrected chi connectivity index (χ3v) is 3.18. The molecule has 1 aliphatic rings. The second kappa shape index (κ2) is 4.14. The fraction of sp³-hybridized carbons (Fsp3) is 0.273. The molecule has 4 heteroatoms. The highest BCUT2D eigenvalue weighted by Crippen LogP contribution is 2.31. The van der Waals surface area contributed by atoms with Gasteiger partial charge >= 0.3 is 0 Å². The van der Waals surface area contributed by atoms with Crippen LogP contribution < -0.4 is 0 Å². The Morgan fingerprint density at radius 1 is 1.27 bits per heavy atom. The second-order valence-electron chi connectivity index (χ2n) is 3.63. The van der Waals surface area contributed by atoms with Gasteiger partial charge < -0.3 is 5.21 Å². The van der Waals surface area contributed by atoms with Gasteiger partial charge in [0.05, 0.1) is 0 Å². The molecule has 0 amide bonds. The van der Waals surface area contributed by atoms with Crippen molar-refractivity contribution in [3.05, 3.63) is 34.3 Å². The lowest BCUT2D eigenvalue weighted by Crippen LogP contribution is -2.02. The van der Waals surface area contributed by atoms with Crippen molar-refractivity contribution in [3.8, 4) is 0 Å². The Kier molecular flexibility index (Phi) is 2.86. The number of carbonyl (C=O) groups is 1. The van der Waals surface area contributed by atoms with Crippen molar-refractivity contribution >= 4 is 27.4 Å². The predicted octanol–water partition coefficient (Wildman–Crippen LogP) is 2.73. The van der Waals surface area contributed by atoms with Crippen LogP contribution in [0.2, 0.25) is 0 Å². The second-order valence-corrected chi connectivity index (χ2v) is 4.54. The molecule has 15 heavy (non-hydrogen) atoms. The van der Waals surface area contributed by atoms with Gasteiger partial charge in [0.1, 0.15) is 5.71 Å². The fourth-order valence-electron chi connectivity index (χ4n) is 1.83. The number of hydrogen-bond acceptors (Lipinski definition) is 3. The van der Waals surface area contributed by atoms with Gasteiger partial charge in [-0.25, -0.2) is 0 Å². The predicted molar refractivity (Wildman–Crippen MR) is 60.3 cm³/mol. The van der Waals surface area contributed by atoms with Crippen LogP contribution in [0.25, 0.3) is 0 Å². The summed E-state index contributed by atoms with van der Waals surface area (Å²) in [4.78, 5) is 11.4. The molecule has 1 atom stereocenters. The zero-order chi connectivity index (χ0) is 10.8. The summed E-state index contributed by atoms with van der Waals surface area (Å²) in [5.41, 5.74) is 1.41. The van der Waals surface area contributed by atoms with E-state index in [-0.39, 0.29) is 11.7 Å². The summed E-state index contributed by atoms with van der Waals surface area (Å²) < 4.78 is 1.02. The third-order valence-electron chi connectivity index (χ3n) is 2.66. The quantitative estimate of drug-likeness (QED) is 0.628. The molecule has 1 aromatic carbocycles. The molecule has 0 spiro atoms. The molecular weight excluding hydrogens is 258 g/mol. The Bertz CT molecular complexity index is 411. The van der Waals surface area contributed by atoms with Crippen molar-refractivity contribution in [2.75, 3.05) is 0 Å². The van der Waals surface area contributed by atoms with Crippen molar-refractivity contribution in [1.82, 2.24) is 0 Å². The summed E-state index contributed by atoms with van der Waals surface area (Å²) in [5, 5.41) is 11.6. The minimum absolute atomic E-state index is 0.0505. The normalized spacial score (nSPS) is 23.7. The van der Waals surface area contributed by atoms with Crippen LogP contribution in [-0.4, -0.2) is 16.7 Å². The summed E-state index contributed by atoms with van der Waals surface area (Å²) in [6, 6.07) is 7.88. The molecule has 3 nitrogen and oxygen atoms in total. The minimum atomic E-state index is -0.0505. The van der Waals surface area contributed by atoms with E-state index in [0.717, 1.165) is 10.0 Å². The molecule has 1 aromatic rings. The molecular formula is C11H10BrNO2. The first-order valence-corrected chi connectivity index (χ1v) is 5.49. The average molecular weight is 268 g/mol. The molecule has 0 heterocycles. The monoisotopic (exact) mass is 267 g/mol. The summed E-state index contributed by atoms with van der Waals surface area (Å²) in [6.07, 6.45) is 0.984. The minimum Gasteiger partial charge on any atom is -0.411 e. The van der Waals surface area contributed by atoms with Gasteiger partial charge in [0.2, 0.25) is 0 Å². The Morgan fingerprint density at radius 2 is 1.93 bits per heavy atom. The van der Waals surface area contributed by atoms with Gasteiger partial charge in [-0.15, -0.1) is 0 Å². The van der Waals surface area contributed by atoms with E-state index in [2.05, 4.69) is 21.1 Å². The molecule has 1 N–H and O–H groups in total. The van der Waals surface area contributed by atoms with Crippen LogP contribution in [0.3, 0.4) is 0 Å². The van der Waals surface area contributed by atoms with Gasteiger partial charge in [0.15, 0.2) is 5.78 Å². The molecule has 1 saturated carbocycles. The third kappa shape index (κ3) is 2.09. The molecule has 1 aliphatic carbocycles. The van der Waals surface area contributed by atoms with E-state index < -0.39 is 0 Å². The highest BCUT2D eigenvalue weighted by Gasteiger charge is 2.30. The van der Waals surface area contributed by atoms with Gasteiger partial charge in [0.25, 0.3) is 0 Å². The molecule has 0 aliphatic heterocycles. The zero-order valence-corrected chi connectivity index (χ0v) is 9.57. The number of oxime groups is 1. The number of nitrogens with zero attached hydrogens (tertiary/aromatic N) is 1. The first-order valence-electron chi connectivity index (χ1n) is 4.70. The van der Waals surface area contributed by atoms with E-state index in [0.29, 0.717) is 18.6 Å². The SMILES string of the molecule is O=C1CC(c2ccc(Br)cc2)CC1=NO. The van der Waals surface area contributed by atoms with Crippen LogP contribution in [0.15, 0.2) is 33.9 Å². The van der Waals surface area contributed by atoms with E-state index in [4.69, 9.17) is 5.21 Å². The molecule has 0 aromatic heterocycles. The van der Waals surface area contributed by atoms with Crippen molar-refractivity contribution in [3.63, 3.8) is 0 Å². The van der Waals surface area contributed by atoms with E-state index in [1.807, 2.05) is 24.3 Å². The van der Waals surface area contributed by atoms with Gasteiger partial charge in [-0.2, -0.15) is 0 Å². The largest absolute Gasteiger partial charge is 0.411 e. The molecule has 1 fully saturated rings. The number of rotatable bonds is 1. The van der Waals surface area contributed by atoms with Crippen LogP contribution in [-0.2, 0) is 4.79 Å². The van der Waals surface area contributed by atoms with Crippen LogP contribution >= 0.6 is 15.9 Å². The Hall–Kier alpha value is -1.16. The van der Waals surface area contributed by atoms with Crippen LogP contribution in [0, 0.1) is 0 Å². The molecule has 2 rings (SSSR count). The molecule has 0 saturated heterocycles. The molecule has 78 valence electrons. The van der Waals surface area contributed by atoms with E-state index >= 15 is 0 Å². The van der Waals surface area contributed by atoms with Crippen LogP contribution in [0.5, 0.6) is 0 Å². The van der Waals surface area contributed by atoms with E-state index in [1.54, 1.807) is 0 Å². The number of hydrogen-bond donors (Lipinski definition) is 1. The van der Waals surface area contributed by atoms with Crippen molar-refractivity contribution < 1.29 is 10.0 Å². The summed E-state index contributed by atoms with van der Waals surface area (Å²) in [5.74, 6) is 0.113. The van der Waals surface area contributed by atoms with Crippen LogP contribution in [0.1, 0.15) is 24.3 Å². The van der Waals surface area contributed by atoms with E-state index in [9.17, 15) is 4.79 Å². The summed E-state index contributed by atoms with van der Waals surface area (Å²) in [6.45, 7) is 0. The number of Topliss-reactive ketones (excluding diaryl/α,β-unsaturated/α-hetero) is 1. The van der Waals surface area contributed by atoms with Crippen molar-refractivity contribution in [1.29, 1.82) is 0 Å². The maximum atomic E-state index is 11.4. The lowest BCUT2D eigenvalue weighted by molar-refractivity contribution is -0.112. The highest BCUT2D eigenvalue weighted by molar-refractivity contribution is 9.10. The standard InChI is InChI=1S/C11H10BrNO2/c12-9-3-1-7(2-4-9)8-5-10(13-15)11(14)6-8/h1-4,8,15H,5-6H2. The number of halogens is 1. The maximum absolute atomic E-state index is 11.4. The first kappa shape index (κ1) is 10.4. The maximum Gasteiger partial charge on any atom is 0.181 e. The van der Waals surface area contributed by atoms with Crippen molar-refractivity contribution in [2.24, 2.45) is 5.16 Å². The molecule has 1 unspecified atom stereocenters. The topological polar surface area (TPSA) is 49.7 Å². The van der Waals surface area contributed by atoms with Crippen LogP contribution in [0.4, 0.5) is 0 Å². The lowest BCUT2D eigenvalue weighted by atomic mass is 9.98. The number of ketones is 1. The smallest absolute Gasteiger partial charge is 0.181 e. The highest BCUT2D eigenvalue weighted by atomic mass is 79.9. The Labute approximate surface area is 95.9 Å². The summed E-state index contributed by atoms with van der Waals surface area (Å²) >= 11 is 3.36. The zero-order valence-electron chi connectivity index (χ0n) is 7.98. The van der Waals surface area contributed by atoms with Gasteiger partial charge in [-0.1, -0.05) is 33.2 Å². The number of carbonyl (C=O) groups excluding carboxylic acids is 1. The average Bonchev–Trinajstić information content (AvgIpc) is 2.61. The fourth-order valence-corrected chi connectivity index (χ4v) is 2.09. The first-order chi connectivity index (χ1) is 7.20.